The first kappa shape index (κ1) is 19.2. The third-order valence-corrected chi connectivity index (χ3v) is 3.96. The summed E-state index contributed by atoms with van der Waals surface area (Å²) in [5.74, 6) is -2.77. The Hall–Kier alpha value is -2.12. The molecule has 1 heterocycles. The van der Waals surface area contributed by atoms with E-state index in [1.54, 1.807) is 0 Å². The predicted octanol–water partition coefficient (Wildman–Crippen LogP) is 3.28. The standard InChI is InChI=1S/C18H21F3N2O2/c1-10(2)16(9-24)22-8-15-12(19)4-5-14(23-15)11-6-13(20)18(21)17(7-11)25-3/h4-7,10,16,22,24H,8-9H2,1-3H3/t16-/m0/s1. The summed E-state index contributed by atoms with van der Waals surface area (Å²) in [6, 6.07) is 4.70. The number of aliphatic hydroxyl groups excluding tert-OH is 1. The van der Waals surface area contributed by atoms with Crippen molar-refractivity contribution in [2.24, 2.45) is 5.92 Å². The summed E-state index contributed by atoms with van der Waals surface area (Å²) in [5, 5.41) is 12.4. The molecule has 4 nitrogen and oxygen atoms in total. The maximum atomic E-state index is 14.0. The van der Waals surface area contributed by atoms with Gasteiger partial charge in [-0.25, -0.2) is 13.8 Å². The molecule has 25 heavy (non-hydrogen) atoms. The van der Waals surface area contributed by atoms with E-state index in [-0.39, 0.29) is 42.1 Å². The van der Waals surface area contributed by atoms with Crippen LogP contribution in [0.1, 0.15) is 19.5 Å². The van der Waals surface area contributed by atoms with E-state index in [9.17, 15) is 18.3 Å². The zero-order chi connectivity index (χ0) is 18.6. The molecule has 2 N–H and O–H groups in total. The molecule has 2 aromatic rings. The van der Waals surface area contributed by atoms with Gasteiger partial charge < -0.3 is 15.2 Å². The number of hydrogen-bond acceptors (Lipinski definition) is 4. The van der Waals surface area contributed by atoms with Gasteiger partial charge in [-0.3, -0.25) is 0 Å². The lowest BCUT2D eigenvalue weighted by atomic mass is 10.1. The lowest BCUT2D eigenvalue weighted by Gasteiger charge is -2.20. The van der Waals surface area contributed by atoms with E-state index in [0.29, 0.717) is 5.69 Å². The highest BCUT2D eigenvalue weighted by molar-refractivity contribution is 5.61. The van der Waals surface area contributed by atoms with Crippen LogP contribution in [0.2, 0.25) is 0 Å². The number of methoxy groups -OCH3 is 1. The fourth-order valence-electron chi connectivity index (χ4n) is 2.37. The van der Waals surface area contributed by atoms with Crippen molar-refractivity contribution in [1.29, 1.82) is 0 Å². The average Bonchev–Trinajstić information content (AvgIpc) is 2.59. The van der Waals surface area contributed by atoms with Gasteiger partial charge in [-0.1, -0.05) is 13.8 Å². The Bertz CT molecular complexity index is 739. The summed E-state index contributed by atoms with van der Waals surface area (Å²) in [4.78, 5) is 4.19. The number of aliphatic hydroxyl groups is 1. The number of nitrogens with zero attached hydrogens (tertiary/aromatic N) is 1. The van der Waals surface area contributed by atoms with Crippen molar-refractivity contribution in [2.75, 3.05) is 13.7 Å². The minimum absolute atomic E-state index is 0.0840. The largest absolute Gasteiger partial charge is 0.494 e. The minimum atomic E-state index is -1.09. The Kier molecular flexibility index (Phi) is 6.39. The van der Waals surface area contributed by atoms with Gasteiger partial charge in [0.25, 0.3) is 0 Å². The van der Waals surface area contributed by atoms with Crippen molar-refractivity contribution in [3.63, 3.8) is 0 Å². The highest BCUT2D eigenvalue weighted by atomic mass is 19.2. The molecule has 0 bridgehead atoms. The maximum Gasteiger partial charge on any atom is 0.200 e. The van der Waals surface area contributed by atoms with Crippen LogP contribution in [0.25, 0.3) is 11.3 Å². The molecule has 1 aromatic heterocycles. The van der Waals surface area contributed by atoms with E-state index in [0.717, 1.165) is 6.07 Å². The van der Waals surface area contributed by atoms with Gasteiger partial charge >= 0.3 is 0 Å². The fourth-order valence-corrected chi connectivity index (χ4v) is 2.37. The number of halogens is 3. The van der Waals surface area contributed by atoms with E-state index in [1.807, 2.05) is 13.8 Å². The molecule has 0 aliphatic rings. The number of hydrogen-bond donors (Lipinski definition) is 2. The van der Waals surface area contributed by atoms with E-state index < -0.39 is 17.5 Å². The van der Waals surface area contributed by atoms with E-state index in [4.69, 9.17) is 4.74 Å². The normalized spacial score (nSPS) is 12.5. The van der Waals surface area contributed by atoms with Crippen molar-refractivity contribution in [2.45, 2.75) is 26.4 Å². The molecule has 0 amide bonds. The van der Waals surface area contributed by atoms with Crippen LogP contribution in [-0.4, -0.2) is 29.8 Å². The van der Waals surface area contributed by atoms with Crippen molar-refractivity contribution < 1.29 is 23.0 Å². The first-order chi connectivity index (χ1) is 11.9. The van der Waals surface area contributed by atoms with E-state index >= 15 is 0 Å². The summed E-state index contributed by atoms with van der Waals surface area (Å²) >= 11 is 0. The molecular weight excluding hydrogens is 333 g/mol. The van der Waals surface area contributed by atoms with Gasteiger partial charge in [-0.15, -0.1) is 0 Å². The summed E-state index contributed by atoms with van der Waals surface area (Å²) in [7, 11) is 1.23. The van der Waals surface area contributed by atoms with Crippen LogP contribution in [0, 0.1) is 23.4 Å². The van der Waals surface area contributed by atoms with Gasteiger partial charge in [0.1, 0.15) is 5.82 Å². The predicted molar refractivity (Wildman–Crippen MR) is 88.7 cm³/mol. The molecule has 136 valence electrons. The van der Waals surface area contributed by atoms with Crippen LogP contribution in [-0.2, 0) is 6.54 Å². The smallest absolute Gasteiger partial charge is 0.200 e. The molecule has 1 atom stereocenters. The maximum absolute atomic E-state index is 14.0. The molecule has 0 fully saturated rings. The lowest BCUT2D eigenvalue weighted by molar-refractivity contribution is 0.209. The van der Waals surface area contributed by atoms with Crippen molar-refractivity contribution in [1.82, 2.24) is 10.3 Å². The van der Waals surface area contributed by atoms with Gasteiger partial charge in [-0.2, -0.15) is 4.39 Å². The molecule has 7 heteroatoms. The minimum Gasteiger partial charge on any atom is -0.494 e. The molecule has 0 saturated carbocycles. The third kappa shape index (κ3) is 4.49. The Morgan fingerprint density at radius 3 is 2.48 bits per heavy atom. The molecule has 0 aliphatic carbocycles. The van der Waals surface area contributed by atoms with Gasteiger partial charge in [0.05, 0.1) is 25.1 Å². The summed E-state index contributed by atoms with van der Waals surface area (Å²) in [6.45, 7) is 3.88. The monoisotopic (exact) mass is 354 g/mol. The number of rotatable bonds is 7. The zero-order valence-electron chi connectivity index (χ0n) is 14.3. The quantitative estimate of drug-likeness (QED) is 0.801. The third-order valence-electron chi connectivity index (χ3n) is 3.96. The van der Waals surface area contributed by atoms with Crippen LogP contribution in [0.3, 0.4) is 0 Å². The van der Waals surface area contributed by atoms with Crippen molar-refractivity contribution in [3.8, 4) is 17.0 Å². The van der Waals surface area contributed by atoms with Gasteiger partial charge in [0.15, 0.2) is 11.6 Å². The second-order valence-corrected chi connectivity index (χ2v) is 6.01. The van der Waals surface area contributed by atoms with Crippen molar-refractivity contribution >= 4 is 0 Å². The number of nitrogens with one attached hydrogen (secondary N) is 1. The Balaban J connectivity index is 2.31. The first-order valence-corrected chi connectivity index (χ1v) is 7.90. The number of pyridine rings is 1. The Morgan fingerprint density at radius 2 is 1.88 bits per heavy atom. The summed E-state index contributed by atoms with van der Waals surface area (Å²) in [6.07, 6.45) is 0. The molecule has 0 spiro atoms. The Morgan fingerprint density at radius 1 is 1.16 bits per heavy atom. The van der Waals surface area contributed by atoms with Gasteiger partial charge in [-0.05, 0) is 30.2 Å². The van der Waals surface area contributed by atoms with Gasteiger partial charge in [0, 0.05) is 18.2 Å². The first-order valence-electron chi connectivity index (χ1n) is 7.90. The fraction of sp³-hybridized carbons (Fsp3) is 0.389. The number of benzene rings is 1. The number of aromatic nitrogens is 1. The lowest BCUT2D eigenvalue weighted by Crippen LogP contribution is -2.36. The molecule has 0 saturated heterocycles. The van der Waals surface area contributed by atoms with Gasteiger partial charge in [0.2, 0.25) is 5.82 Å². The highest BCUT2D eigenvalue weighted by Gasteiger charge is 2.16. The molecule has 2 rings (SSSR count). The number of ether oxygens (including phenoxy) is 1. The van der Waals surface area contributed by atoms with Crippen LogP contribution in [0.4, 0.5) is 13.2 Å². The zero-order valence-corrected chi connectivity index (χ0v) is 14.3. The topological polar surface area (TPSA) is 54.4 Å². The van der Waals surface area contributed by atoms with Crippen LogP contribution >= 0.6 is 0 Å². The van der Waals surface area contributed by atoms with E-state index in [1.165, 1.54) is 25.3 Å². The summed E-state index contributed by atoms with van der Waals surface area (Å²) in [5.41, 5.74) is 0.695. The average molecular weight is 354 g/mol. The van der Waals surface area contributed by atoms with Crippen LogP contribution in [0.5, 0.6) is 5.75 Å². The molecule has 1 aromatic carbocycles. The summed E-state index contributed by atoms with van der Waals surface area (Å²) < 4.78 is 46.0. The highest BCUT2D eigenvalue weighted by Crippen LogP contribution is 2.28. The SMILES string of the molecule is COc1cc(-c2ccc(F)c(CN[C@@H](CO)C(C)C)n2)cc(F)c1F. The van der Waals surface area contributed by atoms with Crippen molar-refractivity contribution in [3.05, 3.63) is 47.4 Å². The van der Waals surface area contributed by atoms with Crippen LogP contribution in [0.15, 0.2) is 24.3 Å². The van der Waals surface area contributed by atoms with E-state index in [2.05, 4.69) is 10.3 Å². The molecule has 0 unspecified atom stereocenters. The molecule has 0 aliphatic heterocycles. The molecule has 0 radical (unpaired) electrons. The van der Waals surface area contributed by atoms with Crippen LogP contribution < -0.4 is 10.1 Å². The second-order valence-electron chi connectivity index (χ2n) is 6.01. The molecular formula is C18H21F3N2O2. The second kappa shape index (κ2) is 8.31. The Labute approximate surface area is 144 Å².